The van der Waals surface area contributed by atoms with Gasteiger partial charge in [-0.2, -0.15) is 0 Å². The molecule has 4 heteroatoms. The Bertz CT molecular complexity index is 459. The second-order valence-electron chi connectivity index (χ2n) is 5.12. The van der Waals surface area contributed by atoms with E-state index in [4.69, 9.17) is 10.5 Å². The van der Waals surface area contributed by atoms with Crippen LogP contribution in [0.1, 0.15) is 36.5 Å². The van der Waals surface area contributed by atoms with Crippen LogP contribution in [0, 0.1) is 5.92 Å². The molecule has 1 unspecified atom stereocenters. The summed E-state index contributed by atoms with van der Waals surface area (Å²) in [6.45, 7) is 3.90. The summed E-state index contributed by atoms with van der Waals surface area (Å²) in [4.78, 5) is 14.4. The number of ether oxygens (including phenoxy) is 1. The van der Waals surface area contributed by atoms with Crippen molar-refractivity contribution in [2.45, 2.75) is 26.2 Å². The molecule has 0 bridgehead atoms. The summed E-state index contributed by atoms with van der Waals surface area (Å²) >= 11 is 0. The Hall–Kier alpha value is -1.71. The van der Waals surface area contributed by atoms with Gasteiger partial charge in [0.25, 0.3) is 5.91 Å². The van der Waals surface area contributed by atoms with Gasteiger partial charge in [-0.3, -0.25) is 4.79 Å². The van der Waals surface area contributed by atoms with Gasteiger partial charge < -0.3 is 15.4 Å². The molecule has 1 aromatic carbocycles. The third-order valence-electron chi connectivity index (χ3n) is 3.86. The fraction of sp³-hybridized carbons (Fsp3) is 0.533. The first kappa shape index (κ1) is 13.7. The molecule has 1 fully saturated rings. The second-order valence-corrected chi connectivity index (χ2v) is 5.12. The van der Waals surface area contributed by atoms with Crippen LogP contribution in [0.3, 0.4) is 0 Å². The number of nitrogen functional groups attached to an aromatic ring is 1. The number of hydrogen-bond donors (Lipinski definition) is 1. The molecule has 1 saturated heterocycles. The molecule has 104 valence electrons. The van der Waals surface area contributed by atoms with E-state index in [-0.39, 0.29) is 5.91 Å². The molecule has 1 aliphatic heterocycles. The first-order chi connectivity index (χ1) is 9.15. The number of methoxy groups -OCH3 is 1. The van der Waals surface area contributed by atoms with Gasteiger partial charge in [0.05, 0.1) is 12.8 Å². The predicted molar refractivity (Wildman–Crippen MR) is 76.3 cm³/mol. The van der Waals surface area contributed by atoms with E-state index in [0.717, 1.165) is 25.9 Å². The molecule has 1 atom stereocenters. The summed E-state index contributed by atoms with van der Waals surface area (Å²) in [5, 5.41) is 0. The third-order valence-corrected chi connectivity index (χ3v) is 3.86. The minimum absolute atomic E-state index is 0.0764. The van der Waals surface area contributed by atoms with Gasteiger partial charge in [-0.25, -0.2) is 0 Å². The summed E-state index contributed by atoms with van der Waals surface area (Å²) in [6, 6.07) is 5.24. The zero-order valence-corrected chi connectivity index (χ0v) is 11.7. The molecular weight excluding hydrogens is 240 g/mol. The van der Waals surface area contributed by atoms with Gasteiger partial charge in [0.15, 0.2) is 0 Å². The van der Waals surface area contributed by atoms with Crippen molar-refractivity contribution in [2.24, 2.45) is 5.92 Å². The molecular formula is C15H22N2O2. The Morgan fingerprint density at radius 3 is 2.95 bits per heavy atom. The predicted octanol–water partition coefficient (Wildman–Crippen LogP) is 2.54. The lowest BCUT2D eigenvalue weighted by Gasteiger charge is -2.32. The first-order valence-corrected chi connectivity index (χ1v) is 6.88. The van der Waals surface area contributed by atoms with E-state index in [1.165, 1.54) is 6.42 Å². The number of piperidine rings is 1. The Morgan fingerprint density at radius 1 is 1.53 bits per heavy atom. The van der Waals surface area contributed by atoms with Crippen LogP contribution >= 0.6 is 0 Å². The Morgan fingerprint density at radius 2 is 2.32 bits per heavy atom. The number of carbonyl (C=O) groups excluding carboxylic acids is 1. The molecule has 2 rings (SSSR count). The lowest BCUT2D eigenvalue weighted by atomic mass is 9.95. The molecule has 1 aromatic rings. The van der Waals surface area contributed by atoms with E-state index in [1.54, 1.807) is 25.3 Å². The molecule has 19 heavy (non-hydrogen) atoms. The van der Waals surface area contributed by atoms with Crippen LogP contribution in [0.2, 0.25) is 0 Å². The van der Waals surface area contributed by atoms with Crippen LogP contribution in [0.25, 0.3) is 0 Å². The van der Waals surface area contributed by atoms with E-state index in [9.17, 15) is 4.79 Å². The van der Waals surface area contributed by atoms with Crippen LogP contribution in [0.15, 0.2) is 18.2 Å². The van der Waals surface area contributed by atoms with E-state index in [1.807, 2.05) is 4.90 Å². The highest BCUT2D eigenvalue weighted by Crippen LogP contribution is 2.25. The lowest BCUT2D eigenvalue weighted by Crippen LogP contribution is -2.39. The number of benzene rings is 1. The molecule has 0 aliphatic carbocycles. The SMILES string of the molecule is CCC1CCCN(C(=O)c2ccc(OC)c(N)c2)C1. The Kier molecular flexibility index (Phi) is 4.30. The number of nitrogens with two attached hydrogens (primary N) is 1. The summed E-state index contributed by atoms with van der Waals surface area (Å²) in [5.41, 5.74) is 7.02. The van der Waals surface area contributed by atoms with Crippen molar-refractivity contribution in [1.29, 1.82) is 0 Å². The molecule has 0 radical (unpaired) electrons. The van der Waals surface area contributed by atoms with Crippen LogP contribution in [0.4, 0.5) is 5.69 Å². The van der Waals surface area contributed by atoms with Gasteiger partial charge in [0.1, 0.15) is 5.75 Å². The number of likely N-dealkylation sites (tertiary alicyclic amines) is 1. The van der Waals surface area contributed by atoms with E-state index in [0.29, 0.717) is 22.9 Å². The Labute approximate surface area is 114 Å². The smallest absolute Gasteiger partial charge is 0.253 e. The maximum atomic E-state index is 12.4. The monoisotopic (exact) mass is 262 g/mol. The van der Waals surface area contributed by atoms with Crippen molar-refractivity contribution < 1.29 is 9.53 Å². The van der Waals surface area contributed by atoms with Crippen LogP contribution in [0.5, 0.6) is 5.75 Å². The molecule has 2 N–H and O–H groups in total. The molecule has 0 saturated carbocycles. The van der Waals surface area contributed by atoms with Crippen LogP contribution < -0.4 is 10.5 Å². The summed E-state index contributed by atoms with van der Waals surface area (Å²) in [6.07, 6.45) is 3.45. The number of amides is 1. The van der Waals surface area contributed by atoms with Gasteiger partial charge in [-0.15, -0.1) is 0 Å². The third kappa shape index (κ3) is 3.00. The minimum atomic E-state index is 0.0764. The lowest BCUT2D eigenvalue weighted by molar-refractivity contribution is 0.0671. The van der Waals surface area contributed by atoms with E-state index in [2.05, 4.69) is 6.92 Å². The summed E-state index contributed by atoms with van der Waals surface area (Å²) in [5.74, 6) is 1.32. The Balaban J connectivity index is 2.12. The molecule has 4 nitrogen and oxygen atoms in total. The summed E-state index contributed by atoms with van der Waals surface area (Å²) in [7, 11) is 1.57. The van der Waals surface area contributed by atoms with Crippen LogP contribution in [-0.4, -0.2) is 31.0 Å². The quantitative estimate of drug-likeness (QED) is 0.852. The highest BCUT2D eigenvalue weighted by molar-refractivity contribution is 5.95. The average Bonchev–Trinajstić information content (AvgIpc) is 2.46. The van der Waals surface area contributed by atoms with Crippen LogP contribution in [-0.2, 0) is 0 Å². The maximum Gasteiger partial charge on any atom is 0.253 e. The zero-order chi connectivity index (χ0) is 13.8. The van der Waals surface area contributed by atoms with E-state index < -0.39 is 0 Å². The van der Waals surface area contributed by atoms with Crippen molar-refractivity contribution in [3.63, 3.8) is 0 Å². The second kappa shape index (κ2) is 5.95. The number of hydrogen-bond acceptors (Lipinski definition) is 3. The average molecular weight is 262 g/mol. The van der Waals surface area contributed by atoms with E-state index >= 15 is 0 Å². The molecule has 1 heterocycles. The molecule has 1 aliphatic rings. The number of rotatable bonds is 3. The van der Waals surface area contributed by atoms with Crippen molar-refractivity contribution >= 4 is 11.6 Å². The normalized spacial score (nSPS) is 19.3. The maximum absolute atomic E-state index is 12.4. The van der Waals surface area contributed by atoms with Gasteiger partial charge in [0, 0.05) is 18.7 Å². The fourth-order valence-corrected chi connectivity index (χ4v) is 2.63. The first-order valence-electron chi connectivity index (χ1n) is 6.88. The van der Waals surface area contributed by atoms with Crippen molar-refractivity contribution in [3.8, 4) is 5.75 Å². The van der Waals surface area contributed by atoms with Crippen molar-refractivity contribution in [1.82, 2.24) is 4.90 Å². The van der Waals surface area contributed by atoms with Crippen molar-refractivity contribution in [2.75, 3.05) is 25.9 Å². The molecule has 1 amide bonds. The largest absolute Gasteiger partial charge is 0.495 e. The van der Waals surface area contributed by atoms with Crippen molar-refractivity contribution in [3.05, 3.63) is 23.8 Å². The standard InChI is InChI=1S/C15H22N2O2/c1-3-11-5-4-8-17(10-11)15(18)12-6-7-14(19-2)13(16)9-12/h6-7,9,11H,3-5,8,10,16H2,1-2H3. The number of nitrogens with zero attached hydrogens (tertiary/aromatic N) is 1. The van der Waals surface area contributed by atoms with Gasteiger partial charge >= 0.3 is 0 Å². The minimum Gasteiger partial charge on any atom is -0.495 e. The van der Waals surface area contributed by atoms with Gasteiger partial charge in [-0.1, -0.05) is 13.3 Å². The number of anilines is 1. The van der Waals surface area contributed by atoms with Gasteiger partial charge in [0.2, 0.25) is 0 Å². The molecule has 0 spiro atoms. The fourth-order valence-electron chi connectivity index (χ4n) is 2.63. The summed E-state index contributed by atoms with van der Waals surface area (Å²) < 4.78 is 5.11. The number of carbonyl (C=O) groups is 1. The topological polar surface area (TPSA) is 55.6 Å². The highest BCUT2D eigenvalue weighted by atomic mass is 16.5. The highest BCUT2D eigenvalue weighted by Gasteiger charge is 2.23. The zero-order valence-electron chi connectivity index (χ0n) is 11.7. The molecule has 0 aromatic heterocycles. The van der Waals surface area contributed by atoms with Gasteiger partial charge in [-0.05, 0) is 37.0 Å².